The van der Waals surface area contributed by atoms with Crippen LogP contribution in [0.5, 0.6) is 0 Å². The molecule has 0 bridgehead atoms. The van der Waals surface area contributed by atoms with Gasteiger partial charge in [0, 0.05) is 15.8 Å². The lowest BCUT2D eigenvalue weighted by Gasteiger charge is -2.10. The van der Waals surface area contributed by atoms with E-state index in [-0.39, 0.29) is 16.7 Å². The number of hydrogen-bond acceptors (Lipinski definition) is 7. The van der Waals surface area contributed by atoms with Gasteiger partial charge in [-0.1, -0.05) is 30.3 Å². The van der Waals surface area contributed by atoms with Crippen LogP contribution >= 0.6 is 34.4 Å². The molecule has 32 heavy (non-hydrogen) atoms. The molecule has 0 aliphatic heterocycles. The number of carbonyl (C=O) groups is 1. The number of benzene rings is 1. The zero-order chi connectivity index (χ0) is 22.1. The molecule has 164 valence electrons. The second-order valence-corrected chi connectivity index (χ2v) is 11.0. The number of thiazole rings is 1. The van der Waals surface area contributed by atoms with Gasteiger partial charge >= 0.3 is 0 Å². The van der Waals surface area contributed by atoms with Crippen molar-refractivity contribution < 1.29 is 4.79 Å². The number of carbonyl (C=O) groups excluding carboxylic acids is 1. The van der Waals surface area contributed by atoms with E-state index < -0.39 is 0 Å². The van der Waals surface area contributed by atoms with E-state index in [1.165, 1.54) is 40.8 Å². The van der Waals surface area contributed by atoms with E-state index in [9.17, 15) is 9.59 Å². The maximum atomic E-state index is 12.8. The summed E-state index contributed by atoms with van der Waals surface area (Å²) in [5.74, 6) is 0.956. The highest BCUT2D eigenvalue weighted by molar-refractivity contribution is 7.99. The molecule has 3 heterocycles. The lowest BCUT2D eigenvalue weighted by atomic mass is 10.0. The molecule has 0 unspecified atom stereocenters. The summed E-state index contributed by atoms with van der Waals surface area (Å²) in [6.07, 6.45) is 4.43. The fraction of sp³-hybridized carbons (Fsp3) is 0.304. The highest BCUT2D eigenvalue weighted by Gasteiger charge is 2.20. The first-order valence-electron chi connectivity index (χ1n) is 10.6. The summed E-state index contributed by atoms with van der Waals surface area (Å²) in [7, 11) is 0. The summed E-state index contributed by atoms with van der Waals surface area (Å²) in [4.78, 5) is 39.6. The number of hydrogen-bond donors (Lipinski definition) is 2. The van der Waals surface area contributed by atoms with Gasteiger partial charge in [-0.15, -0.1) is 34.4 Å². The van der Waals surface area contributed by atoms with Crippen molar-refractivity contribution in [3.05, 3.63) is 62.5 Å². The van der Waals surface area contributed by atoms with Crippen LogP contribution in [0.15, 0.2) is 40.5 Å². The number of aryl methyl sites for hydroxylation is 2. The Morgan fingerprint density at radius 3 is 2.84 bits per heavy atom. The van der Waals surface area contributed by atoms with Crippen LogP contribution in [-0.4, -0.2) is 26.1 Å². The lowest BCUT2D eigenvalue weighted by molar-refractivity contribution is -0.115. The van der Waals surface area contributed by atoms with Gasteiger partial charge in [0.15, 0.2) is 5.13 Å². The molecular weight excluding hydrogens is 460 g/mol. The van der Waals surface area contributed by atoms with Crippen LogP contribution in [0.4, 0.5) is 5.13 Å². The number of H-pyrrole nitrogens is 1. The molecule has 6 nitrogen and oxygen atoms in total. The minimum absolute atomic E-state index is 0.0768. The number of nitrogens with zero attached hydrogens (tertiary/aromatic N) is 2. The minimum atomic E-state index is -0.292. The van der Waals surface area contributed by atoms with Crippen LogP contribution in [0.1, 0.15) is 36.2 Å². The Kier molecular flexibility index (Phi) is 6.12. The molecule has 0 fully saturated rings. The molecule has 1 amide bonds. The van der Waals surface area contributed by atoms with E-state index in [1.54, 1.807) is 11.3 Å². The van der Waals surface area contributed by atoms with Crippen molar-refractivity contribution in [2.45, 2.75) is 43.6 Å². The lowest BCUT2D eigenvalue weighted by Crippen LogP contribution is -2.23. The summed E-state index contributed by atoms with van der Waals surface area (Å²) in [6.45, 7) is 1.86. The number of nitrogens with one attached hydrogen (secondary N) is 2. The average Bonchev–Trinajstić information content (AvgIpc) is 3.42. The Labute approximate surface area is 197 Å². The zero-order valence-corrected chi connectivity index (χ0v) is 20.0. The van der Waals surface area contributed by atoms with Gasteiger partial charge in [0.25, 0.3) is 5.56 Å². The molecule has 2 N–H and O–H groups in total. The Hall–Kier alpha value is -2.49. The van der Waals surface area contributed by atoms with E-state index in [0.29, 0.717) is 26.9 Å². The van der Waals surface area contributed by atoms with E-state index >= 15 is 0 Å². The molecule has 5 rings (SSSR count). The third-order valence-corrected chi connectivity index (χ3v) is 8.59. The largest absolute Gasteiger partial charge is 0.309 e. The number of fused-ring (bicyclic) bond motifs is 2. The van der Waals surface area contributed by atoms with Crippen LogP contribution in [0.25, 0.3) is 21.3 Å². The zero-order valence-electron chi connectivity index (χ0n) is 17.5. The van der Waals surface area contributed by atoms with Gasteiger partial charge in [-0.05, 0) is 38.2 Å². The van der Waals surface area contributed by atoms with Crippen molar-refractivity contribution in [2.24, 2.45) is 0 Å². The predicted molar refractivity (Wildman–Crippen MR) is 134 cm³/mol. The van der Waals surface area contributed by atoms with Gasteiger partial charge in [0.05, 0.1) is 22.1 Å². The average molecular weight is 483 g/mol. The van der Waals surface area contributed by atoms with Gasteiger partial charge in [-0.25, -0.2) is 9.97 Å². The predicted octanol–water partition coefficient (Wildman–Crippen LogP) is 5.25. The van der Waals surface area contributed by atoms with Crippen LogP contribution in [0.3, 0.4) is 0 Å². The van der Waals surface area contributed by atoms with Crippen LogP contribution in [0.2, 0.25) is 0 Å². The van der Waals surface area contributed by atoms with E-state index in [4.69, 9.17) is 0 Å². The third-order valence-electron chi connectivity index (χ3n) is 5.49. The molecular formula is C23H22N4O2S3. The molecule has 3 aromatic heterocycles. The molecule has 4 aromatic rings. The van der Waals surface area contributed by atoms with Crippen LogP contribution in [-0.2, 0) is 23.4 Å². The normalized spacial score (nSPS) is 14.3. The van der Waals surface area contributed by atoms with Gasteiger partial charge in [-0.3, -0.25) is 9.59 Å². The fourth-order valence-corrected chi connectivity index (χ4v) is 6.56. The molecule has 0 saturated heterocycles. The number of aromatic amines is 1. The number of thiophene rings is 1. The van der Waals surface area contributed by atoms with Gasteiger partial charge in [-0.2, -0.15) is 0 Å². The number of amides is 1. The van der Waals surface area contributed by atoms with Gasteiger partial charge in [0.1, 0.15) is 10.7 Å². The summed E-state index contributed by atoms with van der Waals surface area (Å²) in [5, 5.41) is 5.95. The molecule has 1 atom stereocenters. The molecule has 1 aliphatic carbocycles. The maximum absolute atomic E-state index is 12.8. The minimum Gasteiger partial charge on any atom is -0.309 e. The van der Waals surface area contributed by atoms with E-state index in [2.05, 4.69) is 20.3 Å². The number of thioether (sulfide) groups is 1. The first kappa shape index (κ1) is 21.4. The molecule has 0 radical (unpaired) electrons. The summed E-state index contributed by atoms with van der Waals surface area (Å²) >= 11 is 4.50. The molecule has 9 heteroatoms. The van der Waals surface area contributed by atoms with E-state index in [0.717, 1.165) is 29.7 Å². The quantitative estimate of drug-likeness (QED) is 0.392. The third kappa shape index (κ3) is 4.37. The van der Waals surface area contributed by atoms with Crippen molar-refractivity contribution in [1.82, 2.24) is 15.0 Å². The van der Waals surface area contributed by atoms with E-state index in [1.807, 2.05) is 42.6 Å². The molecule has 1 aliphatic rings. The highest BCUT2D eigenvalue weighted by Crippen LogP contribution is 2.32. The summed E-state index contributed by atoms with van der Waals surface area (Å²) < 4.78 is 0. The SMILES string of the molecule is C[C@H](SCc1nc2scc(-c3ccccc3)c2c(=O)[nH]1)C(=O)Nc1nc2c(s1)CCCC2. The van der Waals surface area contributed by atoms with Crippen molar-refractivity contribution >= 4 is 55.7 Å². The maximum Gasteiger partial charge on any atom is 0.260 e. The number of aromatic nitrogens is 3. The Morgan fingerprint density at radius 2 is 2.03 bits per heavy atom. The number of anilines is 1. The van der Waals surface area contributed by atoms with Crippen molar-refractivity contribution in [1.29, 1.82) is 0 Å². The molecule has 0 saturated carbocycles. The van der Waals surface area contributed by atoms with Crippen molar-refractivity contribution in [2.75, 3.05) is 5.32 Å². The standard InChI is InChI=1S/C23H22N4O2S3/c1-13(20(28)27-23-24-16-9-5-6-10-17(16)32-23)30-12-18-25-21(29)19-15(11-31-22(19)26-18)14-7-3-2-4-8-14/h2-4,7-8,11,13H,5-6,9-10,12H2,1H3,(H,24,27,28)(H,25,26,29)/t13-/m0/s1. The highest BCUT2D eigenvalue weighted by atomic mass is 32.2. The first-order chi connectivity index (χ1) is 15.6. The van der Waals surface area contributed by atoms with Crippen molar-refractivity contribution in [3.8, 4) is 11.1 Å². The van der Waals surface area contributed by atoms with Gasteiger partial charge < -0.3 is 10.3 Å². The summed E-state index contributed by atoms with van der Waals surface area (Å²) in [6, 6.07) is 9.85. The first-order valence-corrected chi connectivity index (χ1v) is 13.3. The monoisotopic (exact) mass is 482 g/mol. The Morgan fingerprint density at radius 1 is 1.22 bits per heavy atom. The summed E-state index contributed by atoms with van der Waals surface area (Å²) in [5.41, 5.74) is 2.90. The second kappa shape index (κ2) is 9.17. The molecule has 1 aromatic carbocycles. The molecule has 0 spiro atoms. The fourth-order valence-electron chi connectivity index (χ4n) is 3.78. The Bertz CT molecular complexity index is 1300. The smallest absolute Gasteiger partial charge is 0.260 e. The Balaban J connectivity index is 1.26. The van der Waals surface area contributed by atoms with Gasteiger partial charge in [0.2, 0.25) is 5.91 Å². The van der Waals surface area contributed by atoms with Crippen molar-refractivity contribution in [3.63, 3.8) is 0 Å². The number of rotatable bonds is 6. The topological polar surface area (TPSA) is 87.7 Å². The van der Waals surface area contributed by atoms with Crippen LogP contribution < -0.4 is 10.9 Å². The second-order valence-electron chi connectivity index (χ2n) is 7.75. The van der Waals surface area contributed by atoms with Crippen LogP contribution in [0, 0.1) is 0 Å².